The minimum atomic E-state index is -5.49. The molecule has 1 atom stereocenters. The lowest BCUT2D eigenvalue weighted by molar-refractivity contribution is -0.151. The van der Waals surface area contributed by atoms with Gasteiger partial charge in [-0.3, -0.25) is 14.3 Å². The number of carbonyl (C=O) groups is 1. The molecule has 37 heavy (non-hydrogen) atoms. The molecule has 0 aliphatic heterocycles. The summed E-state index contributed by atoms with van der Waals surface area (Å²) in [4.78, 5) is 28.2. The van der Waals surface area contributed by atoms with Crippen molar-refractivity contribution in [2.24, 2.45) is 0 Å². The van der Waals surface area contributed by atoms with Crippen molar-refractivity contribution in [2.45, 2.75) is 31.3 Å². The van der Waals surface area contributed by atoms with E-state index in [0.29, 0.717) is 4.57 Å². The highest BCUT2D eigenvalue weighted by molar-refractivity contribution is 6.34. The van der Waals surface area contributed by atoms with E-state index in [0.717, 1.165) is 20.3 Å². The fourth-order valence-electron chi connectivity index (χ4n) is 3.02. The number of hydrogen-bond donors (Lipinski definition) is 0. The number of carbonyl (C=O) groups excluding carboxylic acids is 1. The number of anilines is 2. The largest absolute Gasteiger partial charge is 0.466 e. The Morgan fingerprint density at radius 3 is 2.11 bits per heavy atom. The van der Waals surface area contributed by atoms with E-state index in [4.69, 9.17) is 16.3 Å². The van der Waals surface area contributed by atoms with Gasteiger partial charge in [0.1, 0.15) is 0 Å². The normalized spacial score (nSPS) is 13.3. The Balaban J connectivity index is 3.17. The molecule has 2 aromatic rings. The number of ether oxygens (including phenoxy) is 2. The second-order valence-corrected chi connectivity index (χ2v) is 7.39. The maximum atomic E-state index is 13.6. The zero-order valence-electron chi connectivity index (χ0n) is 18.6. The van der Waals surface area contributed by atoms with Crippen LogP contribution in [0.25, 0.3) is 0 Å². The third-order valence-electron chi connectivity index (χ3n) is 4.61. The Bertz CT molecular complexity index is 1240. The van der Waals surface area contributed by atoms with Crippen molar-refractivity contribution in [3.63, 3.8) is 0 Å². The monoisotopic (exact) mass is 567 g/mol. The molecule has 1 unspecified atom stereocenters. The van der Waals surface area contributed by atoms with Crippen molar-refractivity contribution in [3.05, 3.63) is 63.1 Å². The average Bonchev–Trinajstić information content (AvgIpc) is 2.76. The van der Waals surface area contributed by atoms with Crippen LogP contribution in [0.15, 0.2) is 35.6 Å². The fraction of sp³-hybridized carbons (Fsp3) is 0.350. The zero-order chi connectivity index (χ0) is 28.5. The molecular formula is C20H15ClF9N3O4. The van der Waals surface area contributed by atoms with E-state index in [1.807, 2.05) is 0 Å². The molecular weight excluding hydrogens is 553 g/mol. The summed E-state index contributed by atoms with van der Waals surface area (Å²) in [6.07, 6.45) is -17.6. The zero-order valence-corrected chi connectivity index (χ0v) is 19.3. The molecule has 0 N–H and O–H groups in total. The molecule has 17 heteroatoms. The summed E-state index contributed by atoms with van der Waals surface area (Å²) in [6.45, 7) is 2.65. The van der Waals surface area contributed by atoms with Gasteiger partial charge in [0, 0.05) is 19.7 Å². The standard InChI is InChI=1S/C20H15ClF9N3O4/c1-4-5-32-13(34)8-12(20(28,29)30)31-17(32)33(15(36-2)16(35)37-3)11-7-9(18(22,23)24)6-10(14(11)21)19(25,26)27/h4,6-8,15H,1,5H2,2-3H3. The van der Waals surface area contributed by atoms with E-state index < -0.39 is 76.3 Å². The number of halogens is 10. The Kier molecular flexibility index (Phi) is 8.59. The van der Waals surface area contributed by atoms with Gasteiger partial charge in [0.15, 0.2) is 5.69 Å². The molecule has 204 valence electrons. The van der Waals surface area contributed by atoms with Crippen LogP contribution in [-0.4, -0.2) is 36.0 Å². The van der Waals surface area contributed by atoms with E-state index >= 15 is 0 Å². The number of methoxy groups -OCH3 is 2. The van der Waals surface area contributed by atoms with Gasteiger partial charge >= 0.3 is 24.5 Å². The van der Waals surface area contributed by atoms with Gasteiger partial charge in [-0.25, -0.2) is 9.78 Å². The topological polar surface area (TPSA) is 73.7 Å². The van der Waals surface area contributed by atoms with E-state index in [1.165, 1.54) is 0 Å². The summed E-state index contributed by atoms with van der Waals surface area (Å²) in [5.74, 6) is -2.74. The molecule has 0 fully saturated rings. The SMILES string of the molecule is C=CCn1c(N(c2cc(C(F)(F)F)cc(C(F)(F)F)c2Cl)C(OC)C(=O)OC)nc(C(F)(F)F)cc1=O. The first-order valence-electron chi connectivity index (χ1n) is 9.56. The van der Waals surface area contributed by atoms with E-state index in [-0.39, 0.29) is 23.1 Å². The fourth-order valence-corrected chi connectivity index (χ4v) is 3.33. The molecule has 1 heterocycles. The van der Waals surface area contributed by atoms with Gasteiger partial charge in [-0.2, -0.15) is 39.5 Å². The summed E-state index contributed by atoms with van der Waals surface area (Å²) in [5.41, 5.74) is -8.62. The van der Waals surface area contributed by atoms with Crippen molar-refractivity contribution >= 4 is 29.2 Å². The van der Waals surface area contributed by atoms with Crippen LogP contribution in [0.3, 0.4) is 0 Å². The van der Waals surface area contributed by atoms with Gasteiger partial charge in [0.05, 0.1) is 28.9 Å². The lowest BCUT2D eigenvalue weighted by Crippen LogP contribution is -2.44. The number of hydrogen-bond acceptors (Lipinski definition) is 6. The molecule has 7 nitrogen and oxygen atoms in total. The van der Waals surface area contributed by atoms with Crippen LogP contribution in [0.5, 0.6) is 0 Å². The average molecular weight is 568 g/mol. The first kappa shape index (κ1) is 30.0. The molecule has 0 saturated carbocycles. The lowest BCUT2D eigenvalue weighted by atomic mass is 10.1. The van der Waals surface area contributed by atoms with Gasteiger partial charge < -0.3 is 9.47 Å². The predicted octanol–water partition coefficient (Wildman–Crippen LogP) is 5.42. The molecule has 1 aromatic carbocycles. The summed E-state index contributed by atoms with van der Waals surface area (Å²) < 4.78 is 132. The highest BCUT2D eigenvalue weighted by Crippen LogP contribution is 2.46. The van der Waals surface area contributed by atoms with Gasteiger partial charge in [0.2, 0.25) is 12.2 Å². The van der Waals surface area contributed by atoms with Crippen LogP contribution in [0, 0.1) is 0 Å². The Labute approximate surface area is 206 Å². The highest BCUT2D eigenvalue weighted by atomic mass is 35.5. The van der Waals surface area contributed by atoms with Crippen molar-refractivity contribution < 1.29 is 53.8 Å². The first-order valence-corrected chi connectivity index (χ1v) is 9.94. The third-order valence-corrected chi connectivity index (χ3v) is 5.01. The maximum absolute atomic E-state index is 13.6. The number of allylic oxidation sites excluding steroid dienone is 1. The van der Waals surface area contributed by atoms with Gasteiger partial charge in [0.25, 0.3) is 5.56 Å². The minimum Gasteiger partial charge on any atom is -0.466 e. The van der Waals surface area contributed by atoms with Crippen LogP contribution < -0.4 is 10.5 Å². The molecule has 1 aromatic heterocycles. The predicted molar refractivity (Wildman–Crippen MR) is 110 cm³/mol. The van der Waals surface area contributed by atoms with Crippen molar-refractivity contribution in [2.75, 3.05) is 19.1 Å². The Morgan fingerprint density at radius 1 is 1.08 bits per heavy atom. The number of rotatable bonds is 7. The van der Waals surface area contributed by atoms with Crippen LogP contribution in [0.2, 0.25) is 5.02 Å². The Hall–Kier alpha value is -3.27. The van der Waals surface area contributed by atoms with Crippen LogP contribution >= 0.6 is 11.6 Å². The van der Waals surface area contributed by atoms with Crippen LogP contribution in [-0.2, 0) is 39.3 Å². The first-order chi connectivity index (χ1) is 16.9. The molecule has 0 spiro atoms. The molecule has 2 rings (SSSR count). The van der Waals surface area contributed by atoms with Gasteiger partial charge in [-0.05, 0) is 12.1 Å². The molecule has 0 aliphatic rings. The molecule has 0 bridgehead atoms. The number of benzene rings is 1. The third kappa shape index (κ3) is 6.36. The minimum absolute atomic E-state index is 0.0250. The van der Waals surface area contributed by atoms with E-state index in [1.54, 1.807) is 0 Å². The Morgan fingerprint density at radius 2 is 1.68 bits per heavy atom. The number of alkyl halides is 9. The molecule has 0 saturated heterocycles. The number of nitrogens with zero attached hydrogens (tertiary/aromatic N) is 3. The molecule has 0 amide bonds. The molecule has 0 radical (unpaired) electrons. The summed E-state index contributed by atoms with van der Waals surface area (Å²) >= 11 is 5.81. The molecule has 0 aliphatic carbocycles. The van der Waals surface area contributed by atoms with E-state index in [2.05, 4.69) is 16.3 Å². The van der Waals surface area contributed by atoms with Gasteiger partial charge in [-0.15, -0.1) is 6.58 Å². The smallest absolute Gasteiger partial charge is 0.433 e. The van der Waals surface area contributed by atoms with E-state index in [9.17, 15) is 49.1 Å². The second kappa shape index (κ2) is 10.6. The van der Waals surface area contributed by atoms with Gasteiger partial charge in [-0.1, -0.05) is 17.7 Å². The highest BCUT2D eigenvalue weighted by Gasteiger charge is 2.43. The van der Waals surface area contributed by atoms with Crippen molar-refractivity contribution in [3.8, 4) is 0 Å². The number of esters is 1. The van der Waals surface area contributed by atoms with Crippen LogP contribution in [0.1, 0.15) is 16.8 Å². The maximum Gasteiger partial charge on any atom is 0.433 e. The summed E-state index contributed by atoms with van der Waals surface area (Å²) in [7, 11) is 1.49. The van der Waals surface area contributed by atoms with Crippen molar-refractivity contribution in [1.82, 2.24) is 9.55 Å². The van der Waals surface area contributed by atoms with Crippen LogP contribution in [0.4, 0.5) is 51.1 Å². The number of aromatic nitrogens is 2. The summed E-state index contributed by atoms with van der Waals surface area (Å²) in [6, 6.07) is -0.280. The second-order valence-electron chi connectivity index (χ2n) is 7.01. The summed E-state index contributed by atoms with van der Waals surface area (Å²) in [5, 5.41) is -1.47. The quantitative estimate of drug-likeness (QED) is 0.193. The lowest BCUT2D eigenvalue weighted by Gasteiger charge is -2.33. The van der Waals surface area contributed by atoms with Crippen molar-refractivity contribution in [1.29, 1.82) is 0 Å².